The second-order valence-corrected chi connectivity index (χ2v) is 7.46. The highest BCUT2D eigenvalue weighted by molar-refractivity contribution is 6.39. The van der Waals surface area contributed by atoms with Gasteiger partial charge in [0.1, 0.15) is 11.5 Å². The fourth-order valence-electron chi connectivity index (χ4n) is 4.01. The van der Waals surface area contributed by atoms with Gasteiger partial charge in [-0.3, -0.25) is 9.59 Å². The van der Waals surface area contributed by atoms with Crippen LogP contribution in [-0.2, 0) is 16.1 Å². The van der Waals surface area contributed by atoms with Crippen molar-refractivity contribution in [1.29, 1.82) is 0 Å². The van der Waals surface area contributed by atoms with Crippen LogP contribution in [0.2, 0.25) is 0 Å². The molecule has 2 aliphatic rings. The highest BCUT2D eigenvalue weighted by atomic mass is 16.2. The first-order valence-corrected chi connectivity index (χ1v) is 9.58. The van der Waals surface area contributed by atoms with Crippen LogP contribution < -0.4 is 0 Å². The quantitative estimate of drug-likeness (QED) is 0.835. The number of fused-ring (bicyclic) bond motifs is 1. The number of amides is 2. The number of aryl methyl sites for hydroxylation is 1. The lowest BCUT2D eigenvalue weighted by molar-refractivity contribution is -0.130. The van der Waals surface area contributed by atoms with Crippen molar-refractivity contribution in [3.05, 3.63) is 30.1 Å². The van der Waals surface area contributed by atoms with Crippen molar-refractivity contribution in [3.8, 4) is 0 Å². The van der Waals surface area contributed by atoms with E-state index in [1.807, 2.05) is 23.1 Å². The highest BCUT2D eigenvalue weighted by Gasteiger charge is 2.29. The number of aromatic nitrogens is 2. The van der Waals surface area contributed by atoms with E-state index in [0.29, 0.717) is 24.5 Å². The number of carbonyl (C=O) groups is 2. The number of rotatable bonds is 3. The van der Waals surface area contributed by atoms with Gasteiger partial charge in [-0.1, -0.05) is 12.1 Å². The molecule has 1 fully saturated rings. The van der Waals surface area contributed by atoms with E-state index in [4.69, 9.17) is 0 Å². The van der Waals surface area contributed by atoms with Crippen LogP contribution in [0.3, 0.4) is 0 Å². The number of imidazole rings is 1. The van der Waals surface area contributed by atoms with Crippen LogP contribution >= 0.6 is 0 Å². The molecule has 0 N–H and O–H groups in total. The molecule has 142 valence electrons. The van der Waals surface area contributed by atoms with Gasteiger partial charge in [0.05, 0.1) is 11.0 Å². The first-order chi connectivity index (χ1) is 13.0. The summed E-state index contributed by atoms with van der Waals surface area (Å²) in [7, 11) is 1.61. The lowest BCUT2D eigenvalue weighted by Gasteiger charge is -2.33. The maximum absolute atomic E-state index is 12.7. The summed E-state index contributed by atoms with van der Waals surface area (Å²) in [6.45, 7) is 4.47. The number of nitrogens with zero attached hydrogens (tertiary/aromatic N) is 5. The van der Waals surface area contributed by atoms with Gasteiger partial charge < -0.3 is 9.47 Å². The first-order valence-electron chi connectivity index (χ1n) is 9.58. The average molecular weight is 367 g/mol. The molecule has 2 aromatic rings. The Morgan fingerprint density at radius 2 is 1.93 bits per heavy atom. The Hall–Kier alpha value is -2.70. The van der Waals surface area contributed by atoms with Crippen molar-refractivity contribution in [2.45, 2.75) is 39.2 Å². The molecule has 1 saturated heterocycles. The molecule has 0 spiro atoms. The lowest BCUT2D eigenvalue weighted by Crippen LogP contribution is -2.44. The molecule has 27 heavy (non-hydrogen) atoms. The van der Waals surface area contributed by atoms with Gasteiger partial charge in [0, 0.05) is 39.5 Å². The summed E-state index contributed by atoms with van der Waals surface area (Å²) < 4.78 is 2.29. The van der Waals surface area contributed by atoms with Crippen LogP contribution in [0.15, 0.2) is 29.4 Å². The Morgan fingerprint density at radius 3 is 2.67 bits per heavy atom. The first kappa shape index (κ1) is 17.7. The smallest absolute Gasteiger partial charge is 0.270 e. The summed E-state index contributed by atoms with van der Waals surface area (Å²) >= 11 is 0. The van der Waals surface area contributed by atoms with Gasteiger partial charge in [0.15, 0.2) is 0 Å². The normalized spacial score (nSPS) is 18.9. The minimum atomic E-state index is -0.0341. The molecular formula is C20H25N5O2. The molecular weight excluding hydrogens is 342 g/mol. The Balaban J connectivity index is 1.39. The highest BCUT2D eigenvalue weighted by Crippen LogP contribution is 2.24. The third-order valence-electron chi connectivity index (χ3n) is 5.64. The molecule has 3 heterocycles. The topological polar surface area (TPSA) is 70.8 Å². The summed E-state index contributed by atoms with van der Waals surface area (Å²) in [4.78, 5) is 30.8. The molecule has 0 atom stereocenters. The van der Waals surface area contributed by atoms with Gasteiger partial charge in [-0.05, 0) is 37.8 Å². The zero-order valence-electron chi connectivity index (χ0n) is 15.9. The molecule has 1 aromatic carbocycles. The maximum Gasteiger partial charge on any atom is 0.270 e. The van der Waals surface area contributed by atoms with Crippen LogP contribution in [0, 0.1) is 12.8 Å². The molecule has 7 nitrogen and oxygen atoms in total. The number of benzene rings is 1. The summed E-state index contributed by atoms with van der Waals surface area (Å²) in [5, 5.41) is 5.45. The zero-order valence-corrected chi connectivity index (χ0v) is 15.9. The zero-order chi connectivity index (χ0) is 19.0. The van der Waals surface area contributed by atoms with Crippen LogP contribution in [0.5, 0.6) is 0 Å². The van der Waals surface area contributed by atoms with E-state index in [9.17, 15) is 9.59 Å². The molecule has 4 rings (SSSR count). The number of piperidine rings is 1. The van der Waals surface area contributed by atoms with Gasteiger partial charge >= 0.3 is 0 Å². The van der Waals surface area contributed by atoms with Crippen molar-refractivity contribution in [3.63, 3.8) is 0 Å². The van der Waals surface area contributed by atoms with Crippen LogP contribution in [0.4, 0.5) is 0 Å². The Bertz CT molecular complexity index is 908. The minimum absolute atomic E-state index is 0.0166. The third-order valence-corrected chi connectivity index (χ3v) is 5.64. The minimum Gasteiger partial charge on any atom is -0.338 e. The van der Waals surface area contributed by atoms with E-state index >= 15 is 0 Å². The van der Waals surface area contributed by atoms with Crippen molar-refractivity contribution >= 4 is 28.6 Å². The van der Waals surface area contributed by atoms with E-state index in [-0.39, 0.29) is 11.8 Å². The molecule has 0 saturated carbocycles. The van der Waals surface area contributed by atoms with Crippen LogP contribution in [-0.4, -0.2) is 57.1 Å². The number of hydrogen-bond acceptors (Lipinski definition) is 4. The largest absolute Gasteiger partial charge is 0.338 e. The predicted octanol–water partition coefficient (Wildman–Crippen LogP) is 2.19. The standard InChI is InChI=1S/C20H25N5O2/c1-14-21-16-5-3-4-6-18(16)25(14)13-15-9-11-24(12-10-15)20(27)17-7-8-19(26)23(2)22-17/h3-6,15H,7-13H2,1-2H3. The third kappa shape index (κ3) is 3.46. The molecule has 0 aliphatic carbocycles. The molecule has 0 bridgehead atoms. The number of para-hydroxylation sites is 2. The fourth-order valence-corrected chi connectivity index (χ4v) is 4.01. The van der Waals surface area contributed by atoms with E-state index in [2.05, 4.69) is 27.6 Å². The molecule has 2 amide bonds. The van der Waals surface area contributed by atoms with Crippen LogP contribution in [0.25, 0.3) is 11.0 Å². The SMILES string of the molecule is Cc1nc2ccccc2n1CC1CCN(C(=O)C2=NN(C)C(=O)CC2)CC1. The van der Waals surface area contributed by atoms with Crippen molar-refractivity contribution in [1.82, 2.24) is 19.5 Å². The molecule has 0 radical (unpaired) electrons. The number of hydrogen-bond donors (Lipinski definition) is 0. The Morgan fingerprint density at radius 1 is 1.19 bits per heavy atom. The van der Waals surface area contributed by atoms with Gasteiger partial charge in [-0.15, -0.1) is 0 Å². The Labute approximate surface area is 158 Å². The predicted molar refractivity (Wildman–Crippen MR) is 103 cm³/mol. The van der Waals surface area contributed by atoms with Crippen molar-refractivity contribution in [2.75, 3.05) is 20.1 Å². The average Bonchev–Trinajstić information content (AvgIpc) is 2.99. The van der Waals surface area contributed by atoms with Crippen LogP contribution in [0.1, 0.15) is 31.5 Å². The van der Waals surface area contributed by atoms with Gasteiger partial charge in [0.25, 0.3) is 5.91 Å². The maximum atomic E-state index is 12.7. The van der Waals surface area contributed by atoms with Gasteiger partial charge in [-0.25, -0.2) is 9.99 Å². The van der Waals surface area contributed by atoms with Gasteiger partial charge in [0.2, 0.25) is 5.91 Å². The van der Waals surface area contributed by atoms with E-state index < -0.39 is 0 Å². The number of carbonyl (C=O) groups excluding carboxylic acids is 2. The molecule has 2 aliphatic heterocycles. The van der Waals surface area contributed by atoms with Crippen molar-refractivity contribution in [2.24, 2.45) is 11.0 Å². The molecule has 7 heteroatoms. The van der Waals surface area contributed by atoms with Gasteiger partial charge in [-0.2, -0.15) is 5.10 Å². The second kappa shape index (κ2) is 7.13. The number of hydrazone groups is 1. The second-order valence-electron chi connectivity index (χ2n) is 7.46. The fraction of sp³-hybridized carbons (Fsp3) is 0.500. The number of likely N-dealkylation sites (tertiary alicyclic amines) is 1. The monoisotopic (exact) mass is 367 g/mol. The van der Waals surface area contributed by atoms with E-state index in [1.54, 1.807) is 7.05 Å². The summed E-state index contributed by atoms with van der Waals surface area (Å²) in [6, 6.07) is 8.23. The molecule has 0 unspecified atom stereocenters. The Kier molecular flexibility index (Phi) is 4.68. The summed E-state index contributed by atoms with van der Waals surface area (Å²) in [5.74, 6) is 1.52. The lowest BCUT2D eigenvalue weighted by atomic mass is 9.96. The van der Waals surface area contributed by atoms with E-state index in [1.165, 1.54) is 10.5 Å². The molecule has 1 aromatic heterocycles. The van der Waals surface area contributed by atoms with Crippen molar-refractivity contribution < 1.29 is 9.59 Å². The summed E-state index contributed by atoms with van der Waals surface area (Å²) in [6.07, 6.45) is 2.76. The van der Waals surface area contributed by atoms with E-state index in [0.717, 1.165) is 43.8 Å². The summed E-state index contributed by atoms with van der Waals surface area (Å²) in [5.41, 5.74) is 2.72.